The summed E-state index contributed by atoms with van der Waals surface area (Å²) in [6.45, 7) is 0. The Labute approximate surface area is 162 Å². The zero-order chi connectivity index (χ0) is 19.4. The lowest BCUT2D eigenvalue weighted by Gasteiger charge is -2.07. The predicted molar refractivity (Wildman–Crippen MR) is 101 cm³/mol. The maximum absolute atomic E-state index is 13.9. The van der Waals surface area contributed by atoms with Crippen LogP contribution in [0.2, 0.25) is 5.02 Å². The number of carbonyl (C=O) groups is 1. The average Bonchev–Trinajstić information content (AvgIpc) is 2.63. The van der Waals surface area contributed by atoms with Gasteiger partial charge in [0.15, 0.2) is 10.9 Å². The number of ketones is 1. The van der Waals surface area contributed by atoms with Gasteiger partial charge in [-0.2, -0.15) is 0 Å². The minimum Gasteiger partial charge on any atom is -0.301 e. The monoisotopic (exact) mass is 406 g/mol. The van der Waals surface area contributed by atoms with E-state index in [0.29, 0.717) is 11.3 Å². The average molecular weight is 407 g/mol. The molecule has 0 bridgehead atoms. The zero-order valence-electron chi connectivity index (χ0n) is 13.8. The molecule has 0 aliphatic carbocycles. The van der Waals surface area contributed by atoms with Crippen molar-refractivity contribution in [1.82, 2.24) is 9.97 Å². The van der Waals surface area contributed by atoms with E-state index in [1.54, 1.807) is 6.07 Å². The summed E-state index contributed by atoms with van der Waals surface area (Å²) < 4.78 is 26.9. The highest BCUT2D eigenvalue weighted by atomic mass is 35.5. The molecule has 0 saturated carbocycles. The fourth-order valence-corrected chi connectivity index (χ4v) is 3.40. The van der Waals surface area contributed by atoms with Crippen LogP contribution in [0.1, 0.15) is 21.6 Å². The number of nitrogens with zero attached hydrogens (tertiary/aromatic N) is 1. The number of aromatic nitrogens is 2. The number of nitrogens with one attached hydrogen (secondary N) is 1. The van der Waals surface area contributed by atoms with Crippen LogP contribution in [0.15, 0.2) is 58.5 Å². The topological polar surface area (TPSA) is 62.8 Å². The van der Waals surface area contributed by atoms with Gasteiger partial charge in [-0.25, -0.2) is 13.8 Å². The molecular formula is C19H13ClF2N2O2S. The zero-order valence-corrected chi connectivity index (χ0v) is 15.4. The Bertz CT molecular complexity index is 1020. The summed E-state index contributed by atoms with van der Waals surface area (Å²) in [6, 6.07) is 10.8. The number of hydrogen-bond donors (Lipinski definition) is 1. The van der Waals surface area contributed by atoms with E-state index in [1.807, 2.05) is 0 Å². The van der Waals surface area contributed by atoms with E-state index in [9.17, 15) is 18.4 Å². The fraction of sp³-hybridized carbons (Fsp3) is 0.105. The Hall–Kier alpha value is -2.51. The number of halogens is 3. The van der Waals surface area contributed by atoms with Crippen LogP contribution in [0.4, 0.5) is 8.78 Å². The molecule has 0 aliphatic heterocycles. The van der Waals surface area contributed by atoms with Gasteiger partial charge >= 0.3 is 0 Å². The lowest BCUT2D eigenvalue weighted by atomic mass is 10.1. The number of aromatic amines is 1. The lowest BCUT2D eigenvalue weighted by molar-refractivity contribution is 0.102. The second-order valence-corrected chi connectivity index (χ2v) is 7.01. The third kappa shape index (κ3) is 5.02. The van der Waals surface area contributed by atoms with Crippen LogP contribution in [0.5, 0.6) is 0 Å². The Morgan fingerprint density at radius 3 is 2.59 bits per heavy atom. The van der Waals surface area contributed by atoms with E-state index in [1.165, 1.54) is 42.5 Å². The molecule has 138 valence electrons. The third-order valence-electron chi connectivity index (χ3n) is 3.70. The predicted octanol–water partition coefficient (Wildman–Crippen LogP) is 4.27. The number of carbonyl (C=O) groups excluding carboxylic acids is 1. The van der Waals surface area contributed by atoms with Gasteiger partial charge in [-0.15, -0.1) is 0 Å². The first-order valence-electron chi connectivity index (χ1n) is 7.87. The highest BCUT2D eigenvalue weighted by Crippen LogP contribution is 2.22. The van der Waals surface area contributed by atoms with E-state index < -0.39 is 17.2 Å². The minimum absolute atomic E-state index is 0.0124. The number of Topliss-reactive ketones (excluding diaryl/α,β-unsaturated/α-hetero) is 1. The van der Waals surface area contributed by atoms with Crippen molar-refractivity contribution >= 4 is 29.1 Å². The molecule has 0 aliphatic rings. The molecule has 0 atom stereocenters. The van der Waals surface area contributed by atoms with Crippen molar-refractivity contribution in [3.8, 4) is 0 Å². The number of thioether (sulfide) groups is 1. The molecule has 1 aromatic heterocycles. The Morgan fingerprint density at radius 1 is 1.15 bits per heavy atom. The molecule has 0 spiro atoms. The van der Waals surface area contributed by atoms with Gasteiger partial charge < -0.3 is 4.98 Å². The van der Waals surface area contributed by atoms with Crippen LogP contribution in [0.25, 0.3) is 0 Å². The lowest BCUT2D eigenvalue weighted by Crippen LogP contribution is -2.12. The van der Waals surface area contributed by atoms with Crippen LogP contribution >= 0.6 is 23.4 Å². The van der Waals surface area contributed by atoms with E-state index in [2.05, 4.69) is 9.97 Å². The summed E-state index contributed by atoms with van der Waals surface area (Å²) >= 11 is 7.05. The number of rotatable bonds is 6. The Kier molecular flexibility index (Phi) is 6.03. The maximum Gasteiger partial charge on any atom is 0.251 e. The van der Waals surface area contributed by atoms with Gasteiger partial charge in [-0.1, -0.05) is 29.4 Å². The van der Waals surface area contributed by atoms with Crippen molar-refractivity contribution < 1.29 is 13.6 Å². The van der Waals surface area contributed by atoms with E-state index in [0.717, 1.165) is 11.8 Å². The van der Waals surface area contributed by atoms with Crippen molar-refractivity contribution in [3.05, 3.63) is 92.4 Å². The molecule has 4 nitrogen and oxygen atoms in total. The van der Waals surface area contributed by atoms with Crippen LogP contribution in [0, 0.1) is 11.6 Å². The van der Waals surface area contributed by atoms with Crippen molar-refractivity contribution in [2.24, 2.45) is 0 Å². The van der Waals surface area contributed by atoms with Gasteiger partial charge in [-0.05, 0) is 36.4 Å². The molecule has 0 unspecified atom stereocenters. The van der Waals surface area contributed by atoms with Gasteiger partial charge in [-0.3, -0.25) is 9.59 Å². The SMILES string of the molecule is O=C(CSc1nc(Cc2c(F)cccc2Cl)cc(=O)[nH]1)c1ccc(F)cc1. The van der Waals surface area contributed by atoms with Gasteiger partial charge in [0, 0.05) is 28.6 Å². The first-order valence-corrected chi connectivity index (χ1v) is 9.23. The highest BCUT2D eigenvalue weighted by molar-refractivity contribution is 7.99. The minimum atomic E-state index is -0.481. The quantitative estimate of drug-likeness (QED) is 0.377. The van der Waals surface area contributed by atoms with Gasteiger partial charge in [0.2, 0.25) is 0 Å². The van der Waals surface area contributed by atoms with Gasteiger partial charge in [0.25, 0.3) is 5.56 Å². The van der Waals surface area contributed by atoms with Gasteiger partial charge in [0.05, 0.1) is 11.4 Å². The molecule has 1 heterocycles. The largest absolute Gasteiger partial charge is 0.301 e. The van der Waals surface area contributed by atoms with Crippen molar-refractivity contribution in [1.29, 1.82) is 0 Å². The molecule has 0 saturated heterocycles. The second kappa shape index (κ2) is 8.45. The molecule has 8 heteroatoms. The summed E-state index contributed by atoms with van der Waals surface area (Å²) in [5, 5.41) is 0.484. The van der Waals surface area contributed by atoms with E-state index >= 15 is 0 Å². The molecule has 2 aromatic carbocycles. The molecule has 1 N–H and O–H groups in total. The first kappa shape index (κ1) is 19.3. The highest BCUT2D eigenvalue weighted by Gasteiger charge is 2.12. The summed E-state index contributed by atoms with van der Waals surface area (Å²) in [4.78, 5) is 30.8. The molecule has 0 fully saturated rings. The van der Waals surface area contributed by atoms with Gasteiger partial charge in [0.1, 0.15) is 11.6 Å². The molecular weight excluding hydrogens is 394 g/mol. The molecule has 3 rings (SSSR count). The second-order valence-electron chi connectivity index (χ2n) is 5.64. The molecule has 27 heavy (non-hydrogen) atoms. The third-order valence-corrected chi connectivity index (χ3v) is 4.93. The normalized spacial score (nSPS) is 10.8. The number of benzene rings is 2. The standard InChI is InChI=1S/C19H13ClF2N2O2S/c20-15-2-1-3-16(22)14(15)8-13-9-18(26)24-19(23-13)27-10-17(25)11-4-6-12(21)7-5-11/h1-7,9H,8,10H2,(H,23,24,26). The van der Waals surface area contributed by atoms with Crippen molar-refractivity contribution in [3.63, 3.8) is 0 Å². The number of H-pyrrole nitrogens is 1. The number of hydrogen-bond acceptors (Lipinski definition) is 4. The van der Waals surface area contributed by atoms with Crippen LogP contribution < -0.4 is 5.56 Å². The molecule has 3 aromatic rings. The van der Waals surface area contributed by atoms with E-state index in [-0.39, 0.29) is 33.7 Å². The summed E-state index contributed by atoms with van der Waals surface area (Å²) in [6.07, 6.45) is 0.0505. The summed E-state index contributed by atoms with van der Waals surface area (Å²) in [5.41, 5.74) is 0.530. The Balaban J connectivity index is 1.74. The smallest absolute Gasteiger partial charge is 0.251 e. The summed E-state index contributed by atoms with van der Waals surface area (Å²) in [5.74, 6) is -1.13. The summed E-state index contributed by atoms with van der Waals surface area (Å²) in [7, 11) is 0. The maximum atomic E-state index is 13.9. The van der Waals surface area contributed by atoms with E-state index in [4.69, 9.17) is 11.6 Å². The molecule has 0 radical (unpaired) electrons. The molecule has 0 amide bonds. The van der Waals surface area contributed by atoms with Crippen LogP contribution in [0.3, 0.4) is 0 Å². The van der Waals surface area contributed by atoms with Crippen LogP contribution in [-0.2, 0) is 6.42 Å². The van der Waals surface area contributed by atoms with Crippen molar-refractivity contribution in [2.45, 2.75) is 11.6 Å². The Morgan fingerprint density at radius 2 is 1.89 bits per heavy atom. The fourth-order valence-electron chi connectivity index (χ4n) is 2.38. The first-order chi connectivity index (χ1) is 12.9. The van der Waals surface area contributed by atoms with Crippen LogP contribution in [-0.4, -0.2) is 21.5 Å². The van der Waals surface area contributed by atoms with Crippen molar-refractivity contribution in [2.75, 3.05) is 5.75 Å².